The second-order valence-corrected chi connectivity index (χ2v) is 7.32. The van der Waals surface area contributed by atoms with E-state index in [1.807, 2.05) is 60.9 Å². The fraction of sp³-hybridized carbons (Fsp3) is 0.158. The lowest BCUT2D eigenvalue weighted by Gasteiger charge is -2.08. The molecule has 0 bridgehead atoms. The summed E-state index contributed by atoms with van der Waals surface area (Å²) < 4.78 is 0. The Hall–Kier alpha value is -2.15. The van der Waals surface area contributed by atoms with E-state index in [0.29, 0.717) is 12.1 Å². The highest BCUT2D eigenvalue weighted by atomic mass is 32.2. The van der Waals surface area contributed by atoms with Crippen LogP contribution in [0.5, 0.6) is 0 Å². The van der Waals surface area contributed by atoms with Gasteiger partial charge >= 0.3 is 0 Å². The van der Waals surface area contributed by atoms with Crippen LogP contribution in [0.1, 0.15) is 27.1 Å². The molecule has 1 unspecified atom stereocenters. The summed E-state index contributed by atoms with van der Waals surface area (Å²) in [6, 6.07) is 17.6. The van der Waals surface area contributed by atoms with Gasteiger partial charge in [-0.15, -0.1) is 23.1 Å². The number of anilines is 1. The molecule has 0 aliphatic rings. The van der Waals surface area contributed by atoms with E-state index in [4.69, 9.17) is 5.73 Å². The smallest absolute Gasteiger partial charge is 0.275 e. The van der Waals surface area contributed by atoms with E-state index in [-0.39, 0.29) is 11.9 Å². The number of nitrogens with two attached hydrogens (primary N) is 1. The highest BCUT2D eigenvalue weighted by molar-refractivity contribution is 7.98. The van der Waals surface area contributed by atoms with Crippen LogP contribution in [0.3, 0.4) is 0 Å². The highest BCUT2D eigenvalue weighted by Crippen LogP contribution is 2.22. The molecular formula is C19H19N3OS2. The molecule has 1 amide bonds. The molecule has 3 N–H and O–H groups in total. The largest absolute Gasteiger partial charge is 0.322 e. The number of carbonyl (C=O) groups excluding carboxylic acids is 1. The Labute approximate surface area is 155 Å². The van der Waals surface area contributed by atoms with E-state index in [1.165, 1.54) is 11.3 Å². The molecular weight excluding hydrogens is 350 g/mol. The van der Waals surface area contributed by atoms with Gasteiger partial charge in [0.15, 0.2) is 0 Å². The minimum atomic E-state index is -0.216. The van der Waals surface area contributed by atoms with Gasteiger partial charge in [0, 0.05) is 16.0 Å². The van der Waals surface area contributed by atoms with Crippen molar-refractivity contribution in [3.8, 4) is 0 Å². The van der Waals surface area contributed by atoms with Crippen LogP contribution in [0.15, 0.2) is 64.9 Å². The van der Waals surface area contributed by atoms with Crippen LogP contribution in [-0.4, -0.2) is 17.1 Å². The van der Waals surface area contributed by atoms with Crippen molar-refractivity contribution in [3.63, 3.8) is 0 Å². The average Bonchev–Trinajstić information content (AvgIpc) is 3.14. The van der Waals surface area contributed by atoms with Gasteiger partial charge < -0.3 is 11.1 Å². The Morgan fingerprint density at radius 2 is 1.92 bits per heavy atom. The van der Waals surface area contributed by atoms with Gasteiger partial charge in [-0.3, -0.25) is 4.79 Å². The number of nitrogens with one attached hydrogen (secondary N) is 1. The molecule has 128 valence electrons. The number of amides is 1. The summed E-state index contributed by atoms with van der Waals surface area (Å²) in [5, 5.41) is 5.39. The molecule has 0 aliphatic carbocycles. The van der Waals surface area contributed by atoms with Crippen molar-refractivity contribution in [3.05, 3.63) is 76.2 Å². The highest BCUT2D eigenvalue weighted by Gasteiger charge is 2.16. The van der Waals surface area contributed by atoms with Crippen molar-refractivity contribution in [2.45, 2.75) is 17.4 Å². The molecule has 2 aromatic carbocycles. The molecule has 0 radical (unpaired) electrons. The fourth-order valence-corrected chi connectivity index (χ4v) is 3.60. The summed E-state index contributed by atoms with van der Waals surface area (Å²) in [6.45, 7) is 0. The lowest BCUT2D eigenvalue weighted by Crippen LogP contribution is -2.15. The summed E-state index contributed by atoms with van der Waals surface area (Å²) in [4.78, 5) is 17.9. The van der Waals surface area contributed by atoms with Gasteiger partial charge in [-0.1, -0.05) is 30.3 Å². The topological polar surface area (TPSA) is 68.0 Å². The first kappa shape index (κ1) is 17.7. The third-order valence-corrected chi connectivity index (χ3v) is 5.44. The van der Waals surface area contributed by atoms with Crippen LogP contribution in [0, 0.1) is 0 Å². The van der Waals surface area contributed by atoms with E-state index in [2.05, 4.69) is 10.3 Å². The number of hydrogen-bond acceptors (Lipinski definition) is 5. The number of nitrogens with zero attached hydrogens (tertiary/aromatic N) is 1. The lowest BCUT2D eigenvalue weighted by atomic mass is 10.1. The van der Waals surface area contributed by atoms with Crippen LogP contribution in [0.2, 0.25) is 0 Å². The van der Waals surface area contributed by atoms with Gasteiger partial charge in [0.1, 0.15) is 10.7 Å². The number of thioether (sulfide) groups is 1. The number of benzene rings is 2. The van der Waals surface area contributed by atoms with Gasteiger partial charge in [0.25, 0.3) is 5.91 Å². The molecule has 25 heavy (non-hydrogen) atoms. The van der Waals surface area contributed by atoms with Crippen molar-refractivity contribution in [1.29, 1.82) is 0 Å². The maximum atomic E-state index is 12.3. The van der Waals surface area contributed by atoms with Crippen LogP contribution in [0.25, 0.3) is 0 Å². The second-order valence-electron chi connectivity index (χ2n) is 5.55. The number of thiazole rings is 1. The van der Waals surface area contributed by atoms with Crippen LogP contribution < -0.4 is 11.1 Å². The van der Waals surface area contributed by atoms with E-state index in [0.717, 1.165) is 21.2 Å². The molecule has 6 heteroatoms. The van der Waals surface area contributed by atoms with Gasteiger partial charge in [0.05, 0.1) is 6.04 Å². The first-order valence-electron chi connectivity index (χ1n) is 7.86. The summed E-state index contributed by atoms with van der Waals surface area (Å²) in [7, 11) is 0. The van der Waals surface area contributed by atoms with Crippen LogP contribution in [-0.2, 0) is 6.42 Å². The molecule has 1 aromatic heterocycles. The van der Waals surface area contributed by atoms with Gasteiger partial charge in [-0.05, 0) is 42.5 Å². The standard InChI is InChI=1S/C19H19N3OS2/c1-24-15-9-7-14(8-10-15)21-18(23)17-12-25-19(22-17)16(20)11-13-5-3-2-4-6-13/h2-10,12,16H,11,20H2,1H3,(H,21,23). The molecule has 0 aliphatic heterocycles. The van der Waals surface area contributed by atoms with Crippen LogP contribution >= 0.6 is 23.1 Å². The number of aromatic nitrogens is 1. The van der Waals surface area contributed by atoms with Crippen molar-refractivity contribution in [1.82, 2.24) is 4.98 Å². The summed E-state index contributed by atoms with van der Waals surface area (Å²) in [6.07, 6.45) is 2.72. The number of rotatable bonds is 6. The minimum Gasteiger partial charge on any atom is -0.322 e. The molecule has 0 saturated carbocycles. The normalized spacial score (nSPS) is 11.9. The summed E-state index contributed by atoms with van der Waals surface area (Å²) in [5.41, 5.74) is 8.55. The molecule has 0 spiro atoms. The van der Waals surface area contributed by atoms with E-state index < -0.39 is 0 Å². The molecule has 3 rings (SSSR count). The SMILES string of the molecule is CSc1ccc(NC(=O)c2csc(C(N)Cc3ccccc3)n2)cc1. The average molecular weight is 370 g/mol. The fourth-order valence-electron chi connectivity index (χ4n) is 2.39. The molecule has 0 fully saturated rings. The summed E-state index contributed by atoms with van der Waals surface area (Å²) >= 11 is 3.08. The maximum Gasteiger partial charge on any atom is 0.275 e. The summed E-state index contributed by atoms with van der Waals surface area (Å²) in [5.74, 6) is -0.216. The van der Waals surface area contributed by atoms with Gasteiger partial charge in [0.2, 0.25) is 0 Å². The minimum absolute atomic E-state index is 0.213. The third kappa shape index (κ3) is 4.69. The van der Waals surface area contributed by atoms with E-state index >= 15 is 0 Å². The zero-order valence-electron chi connectivity index (χ0n) is 13.8. The third-order valence-electron chi connectivity index (χ3n) is 3.72. The molecule has 3 aromatic rings. The quantitative estimate of drug-likeness (QED) is 0.634. The Balaban J connectivity index is 1.64. The van der Waals surface area contributed by atoms with Crippen molar-refractivity contribution < 1.29 is 4.79 Å². The van der Waals surface area contributed by atoms with Crippen LogP contribution in [0.4, 0.5) is 5.69 Å². The predicted octanol–water partition coefficient (Wildman–Crippen LogP) is 4.36. The lowest BCUT2D eigenvalue weighted by molar-refractivity contribution is 0.102. The number of hydrogen-bond donors (Lipinski definition) is 2. The van der Waals surface area contributed by atoms with Gasteiger partial charge in [-0.2, -0.15) is 0 Å². The number of carbonyl (C=O) groups is 1. The first-order valence-corrected chi connectivity index (χ1v) is 9.96. The monoisotopic (exact) mass is 369 g/mol. The molecule has 4 nitrogen and oxygen atoms in total. The zero-order chi connectivity index (χ0) is 17.6. The van der Waals surface area contributed by atoms with Crippen molar-refractivity contribution in [2.75, 3.05) is 11.6 Å². The van der Waals surface area contributed by atoms with Crippen molar-refractivity contribution >= 4 is 34.7 Å². The first-order chi connectivity index (χ1) is 12.2. The zero-order valence-corrected chi connectivity index (χ0v) is 15.4. The molecule has 0 saturated heterocycles. The molecule has 1 atom stereocenters. The predicted molar refractivity (Wildman–Crippen MR) is 105 cm³/mol. The van der Waals surface area contributed by atoms with E-state index in [9.17, 15) is 4.79 Å². The Morgan fingerprint density at radius 3 is 2.60 bits per heavy atom. The van der Waals surface area contributed by atoms with Gasteiger partial charge in [-0.25, -0.2) is 4.98 Å². The Kier molecular flexibility index (Phi) is 5.86. The second kappa shape index (κ2) is 8.29. The Morgan fingerprint density at radius 1 is 1.20 bits per heavy atom. The van der Waals surface area contributed by atoms with Crippen molar-refractivity contribution in [2.24, 2.45) is 5.73 Å². The maximum absolute atomic E-state index is 12.3. The van der Waals surface area contributed by atoms with E-state index in [1.54, 1.807) is 17.1 Å². The molecule has 1 heterocycles. The Bertz CT molecular complexity index is 831.